The van der Waals surface area contributed by atoms with E-state index in [-0.39, 0.29) is 17.6 Å². The standard InChI is InChI=1S/C14H15BrFNO2/c1-3-17-13(10-7-8-19-14(10)15)9-5-4-6-11(18-2)12(9)16/h4-8,13,17H,3H2,1-2H3. The SMILES string of the molecule is CCNC(c1ccoc1Br)c1cccc(OC)c1F. The highest BCUT2D eigenvalue weighted by Crippen LogP contribution is 2.33. The minimum atomic E-state index is -0.357. The summed E-state index contributed by atoms with van der Waals surface area (Å²) >= 11 is 3.33. The van der Waals surface area contributed by atoms with Crippen molar-refractivity contribution in [3.05, 3.63) is 52.1 Å². The maximum Gasteiger partial charge on any atom is 0.174 e. The van der Waals surface area contributed by atoms with Gasteiger partial charge in [-0.25, -0.2) is 4.39 Å². The van der Waals surface area contributed by atoms with Crippen LogP contribution in [0.25, 0.3) is 0 Å². The maximum absolute atomic E-state index is 14.4. The highest BCUT2D eigenvalue weighted by Gasteiger charge is 2.22. The second-order valence-corrected chi connectivity index (χ2v) is 4.72. The predicted octanol–water partition coefficient (Wildman–Crippen LogP) is 3.89. The van der Waals surface area contributed by atoms with Crippen LogP contribution in [-0.2, 0) is 0 Å². The number of rotatable bonds is 5. The van der Waals surface area contributed by atoms with Gasteiger partial charge in [-0.1, -0.05) is 19.1 Å². The van der Waals surface area contributed by atoms with E-state index < -0.39 is 0 Å². The van der Waals surface area contributed by atoms with E-state index in [4.69, 9.17) is 9.15 Å². The summed E-state index contributed by atoms with van der Waals surface area (Å²) in [6.07, 6.45) is 1.57. The van der Waals surface area contributed by atoms with E-state index in [1.54, 1.807) is 24.5 Å². The Morgan fingerprint density at radius 1 is 1.37 bits per heavy atom. The monoisotopic (exact) mass is 327 g/mol. The second kappa shape index (κ2) is 6.21. The van der Waals surface area contributed by atoms with Gasteiger partial charge in [0.2, 0.25) is 0 Å². The molecule has 0 aliphatic rings. The Balaban J connectivity index is 2.48. The smallest absolute Gasteiger partial charge is 0.174 e. The van der Waals surface area contributed by atoms with Gasteiger partial charge in [-0.15, -0.1) is 0 Å². The fourth-order valence-corrected chi connectivity index (χ4v) is 2.48. The third-order valence-corrected chi connectivity index (χ3v) is 3.53. The van der Waals surface area contributed by atoms with Crippen LogP contribution < -0.4 is 10.1 Å². The Bertz CT molecular complexity index is 556. The highest BCUT2D eigenvalue weighted by atomic mass is 79.9. The van der Waals surface area contributed by atoms with Crippen LogP contribution in [0.1, 0.15) is 24.1 Å². The van der Waals surface area contributed by atoms with E-state index in [0.717, 1.165) is 5.56 Å². The number of benzene rings is 1. The van der Waals surface area contributed by atoms with Crippen LogP contribution in [0.2, 0.25) is 0 Å². The van der Waals surface area contributed by atoms with Gasteiger partial charge in [-0.05, 0) is 34.6 Å². The van der Waals surface area contributed by atoms with Crippen molar-refractivity contribution in [2.24, 2.45) is 0 Å². The Morgan fingerprint density at radius 3 is 2.74 bits per heavy atom. The van der Waals surface area contributed by atoms with Gasteiger partial charge in [0, 0.05) is 11.1 Å². The molecule has 5 heteroatoms. The Labute approximate surface area is 119 Å². The molecule has 0 spiro atoms. The van der Waals surface area contributed by atoms with Crippen molar-refractivity contribution in [2.75, 3.05) is 13.7 Å². The Kier molecular flexibility index (Phi) is 4.61. The number of nitrogens with one attached hydrogen (secondary N) is 1. The van der Waals surface area contributed by atoms with Crippen molar-refractivity contribution in [1.29, 1.82) is 0 Å². The number of methoxy groups -OCH3 is 1. The number of hydrogen-bond donors (Lipinski definition) is 1. The zero-order valence-electron chi connectivity index (χ0n) is 10.7. The molecule has 1 N–H and O–H groups in total. The lowest BCUT2D eigenvalue weighted by molar-refractivity contribution is 0.381. The van der Waals surface area contributed by atoms with E-state index in [0.29, 0.717) is 16.8 Å². The van der Waals surface area contributed by atoms with Crippen LogP contribution in [0.3, 0.4) is 0 Å². The summed E-state index contributed by atoms with van der Waals surface area (Å²) in [5, 5.41) is 3.25. The first kappa shape index (κ1) is 14.1. The summed E-state index contributed by atoms with van der Waals surface area (Å²) < 4.78 is 25.2. The molecule has 2 aromatic rings. The third-order valence-electron chi connectivity index (χ3n) is 2.89. The third kappa shape index (κ3) is 2.82. The minimum Gasteiger partial charge on any atom is -0.494 e. The Morgan fingerprint density at radius 2 is 2.16 bits per heavy atom. The molecule has 0 saturated carbocycles. The lowest BCUT2D eigenvalue weighted by atomic mass is 10.00. The molecular formula is C14H15BrFNO2. The lowest BCUT2D eigenvalue weighted by Gasteiger charge is -2.19. The molecule has 0 aliphatic heterocycles. The molecule has 1 unspecified atom stereocenters. The van der Waals surface area contributed by atoms with E-state index in [9.17, 15) is 4.39 Å². The van der Waals surface area contributed by atoms with Crippen molar-refractivity contribution < 1.29 is 13.5 Å². The molecule has 19 heavy (non-hydrogen) atoms. The topological polar surface area (TPSA) is 34.4 Å². The zero-order valence-corrected chi connectivity index (χ0v) is 12.3. The second-order valence-electron chi connectivity index (χ2n) is 4.00. The van der Waals surface area contributed by atoms with Crippen molar-refractivity contribution in [2.45, 2.75) is 13.0 Å². The molecule has 0 bridgehead atoms. The quantitative estimate of drug-likeness (QED) is 0.904. The van der Waals surface area contributed by atoms with Crippen LogP contribution in [0.4, 0.5) is 4.39 Å². The molecule has 1 heterocycles. The molecule has 3 nitrogen and oxygen atoms in total. The average molecular weight is 328 g/mol. The van der Waals surface area contributed by atoms with Crippen molar-refractivity contribution in [3.63, 3.8) is 0 Å². The Hall–Kier alpha value is -1.33. The normalized spacial score (nSPS) is 12.4. The summed E-state index contributed by atoms with van der Waals surface area (Å²) in [5.41, 5.74) is 1.39. The van der Waals surface area contributed by atoms with E-state index in [1.165, 1.54) is 7.11 Å². The first-order valence-electron chi connectivity index (χ1n) is 5.97. The lowest BCUT2D eigenvalue weighted by Crippen LogP contribution is -2.23. The van der Waals surface area contributed by atoms with Gasteiger partial charge in [0.1, 0.15) is 0 Å². The summed E-state index contributed by atoms with van der Waals surface area (Å²) in [6, 6.07) is 6.65. The van der Waals surface area contributed by atoms with Gasteiger partial charge >= 0.3 is 0 Å². The van der Waals surface area contributed by atoms with Crippen molar-refractivity contribution >= 4 is 15.9 Å². The summed E-state index contributed by atoms with van der Waals surface area (Å²) in [7, 11) is 1.46. The molecule has 0 aliphatic carbocycles. The summed E-state index contributed by atoms with van der Waals surface area (Å²) in [5.74, 6) is -0.121. The van der Waals surface area contributed by atoms with Gasteiger partial charge in [0.25, 0.3) is 0 Å². The van der Waals surface area contributed by atoms with E-state index in [1.807, 2.05) is 13.0 Å². The van der Waals surface area contributed by atoms with Crippen LogP contribution in [-0.4, -0.2) is 13.7 Å². The van der Waals surface area contributed by atoms with Gasteiger partial charge < -0.3 is 14.5 Å². The van der Waals surface area contributed by atoms with Gasteiger partial charge in [0.05, 0.1) is 19.4 Å². The number of ether oxygens (including phenoxy) is 1. The molecule has 1 atom stereocenters. The molecular weight excluding hydrogens is 313 g/mol. The molecule has 1 aromatic carbocycles. The van der Waals surface area contributed by atoms with E-state index in [2.05, 4.69) is 21.2 Å². The van der Waals surface area contributed by atoms with E-state index >= 15 is 0 Å². The summed E-state index contributed by atoms with van der Waals surface area (Å²) in [6.45, 7) is 2.68. The molecule has 1 aromatic heterocycles. The highest BCUT2D eigenvalue weighted by molar-refractivity contribution is 9.10. The first-order chi connectivity index (χ1) is 9.19. The minimum absolute atomic E-state index is 0.236. The molecule has 0 saturated heterocycles. The number of halogens is 2. The number of hydrogen-bond acceptors (Lipinski definition) is 3. The van der Waals surface area contributed by atoms with Crippen LogP contribution >= 0.6 is 15.9 Å². The van der Waals surface area contributed by atoms with Crippen LogP contribution in [0.5, 0.6) is 5.75 Å². The summed E-state index contributed by atoms with van der Waals surface area (Å²) in [4.78, 5) is 0. The number of furan rings is 1. The predicted molar refractivity (Wildman–Crippen MR) is 74.9 cm³/mol. The van der Waals surface area contributed by atoms with Crippen molar-refractivity contribution in [3.8, 4) is 5.75 Å². The fraction of sp³-hybridized carbons (Fsp3) is 0.286. The van der Waals surface area contributed by atoms with Gasteiger partial charge in [-0.3, -0.25) is 0 Å². The maximum atomic E-state index is 14.4. The average Bonchev–Trinajstić information content (AvgIpc) is 2.83. The largest absolute Gasteiger partial charge is 0.494 e. The van der Waals surface area contributed by atoms with Crippen LogP contribution in [0.15, 0.2) is 39.6 Å². The zero-order chi connectivity index (χ0) is 13.8. The molecule has 0 radical (unpaired) electrons. The molecule has 0 fully saturated rings. The molecule has 2 rings (SSSR count). The molecule has 0 amide bonds. The van der Waals surface area contributed by atoms with Crippen LogP contribution in [0, 0.1) is 5.82 Å². The fourth-order valence-electron chi connectivity index (χ4n) is 2.01. The van der Waals surface area contributed by atoms with Gasteiger partial charge in [-0.2, -0.15) is 0 Å². The first-order valence-corrected chi connectivity index (χ1v) is 6.77. The molecule has 102 valence electrons. The van der Waals surface area contributed by atoms with Crippen molar-refractivity contribution in [1.82, 2.24) is 5.32 Å². The van der Waals surface area contributed by atoms with Gasteiger partial charge in [0.15, 0.2) is 16.2 Å².